The first kappa shape index (κ1) is 22.1. The lowest BCUT2D eigenvalue weighted by Gasteiger charge is -2.09. The maximum atomic E-state index is 2.47. The number of aryl methyl sites for hydroxylation is 2. The summed E-state index contributed by atoms with van der Waals surface area (Å²) in [6.45, 7) is 2.41. The third kappa shape index (κ3) is 6.69. The van der Waals surface area contributed by atoms with Gasteiger partial charge < -0.3 is 9.80 Å². The summed E-state index contributed by atoms with van der Waals surface area (Å²) >= 11 is 0. The lowest BCUT2D eigenvalue weighted by atomic mass is 9.99. The zero-order chi connectivity index (χ0) is 20.6. The smallest absolute Gasteiger partial charge is 0.00133 e. The van der Waals surface area contributed by atoms with E-state index in [2.05, 4.69) is 74.4 Å². The van der Waals surface area contributed by atoms with Crippen LogP contribution >= 0.6 is 0 Å². The Morgan fingerprint density at radius 2 is 1.03 bits per heavy atom. The van der Waals surface area contributed by atoms with E-state index in [4.69, 9.17) is 0 Å². The largest absolute Gasteiger partial charge is 0.309 e. The van der Waals surface area contributed by atoms with Crippen LogP contribution in [0.1, 0.15) is 60.8 Å². The van der Waals surface area contributed by atoms with Crippen molar-refractivity contribution in [2.75, 3.05) is 41.3 Å². The Labute approximate surface area is 178 Å². The van der Waals surface area contributed by atoms with Gasteiger partial charge in [-0.15, -0.1) is 0 Å². The van der Waals surface area contributed by atoms with Gasteiger partial charge in [0.15, 0.2) is 0 Å². The number of fused-ring (bicyclic) bond motifs is 3. The van der Waals surface area contributed by atoms with E-state index in [9.17, 15) is 0 Å². The maximum Gasteiger partial charge on any atom is -0.00133 e. The third-order valence-electron chi connectivity index (χ3n) is 6.15. The Bertz CT molecular complexity index is 711. The van der Waals surface area contributed by atoms with Crippen LogP contribution in [0, 0.1) is 0 Å². The van der Waals surface area contributed by atoms with Crippen molar-refractivity contribution in [2.45, 2.75) is 57.8 Å². The quantitative estimate of drug-likeness (QED) is 0.359. The molecule has 0 N–H and O–H groups in total. The molecule has 0 fully saturated rings. The van der Waals surface area contributed by atoms with Gasteiger partial charge in [-0.25, -0.2) is 0 Å². The Balaban J connectivity index is 1.50. The molecule has 0 aliphatic heterocycles. The SMILES string of the molecule is CN(C)CCCCCc1ccc2c(c1)Cc1cc(CCCCCN(C)C)ccc1-2. The van der Waals surface area contributed by atoms with Gasteiger partial charge in [-0.3, -0.25) is 0 Å². The molecule has 0 amide bonds. The van der Waals surface area contributed by atoms with Crippen LogP contribution in [0.2, 0.25) is 0 Å². The van der Waals surface area contributed by atoms with Crippen molar-refractivity contribution < 1.29 is 0 Å². The van der Waals surface area contributed by atoms with E-state index in [0.717, 1.165) is 6.42 Å². The lowest BCUT2D eigenvalue weighted by molar-refractivity contribution is 0.391. The summed E-state index contributed by atoms with van der Waals surface area (Å²) in [4.78, 5) is 4.56. The normalized spacial score (nSPS) is 12.6. The van der Waals surface area contributed by atoms with Gasteiger partial charge in [0.25, 0.3) is 0 Å². The summed E-state index contributed by atoms with van der Waals surface area (Å²) < 4.78 is 0. The van der Waals surface area contributed by atoms with E-state index in [1.807, 2.05) is 0 Å². The van der Waals surface area contributed by atoms with Gasteiger partial charge in [-0.05, 0) is 120 Å². The molecule has 29 heavy (non-hydrogen) atoms. The van der Waals surface area contributed by atoms with Crippen LogP contribution < -0.4 is 0 Å². The average molecular weight is 393 g/mol. The molecule has 0 bridgehead atoms. The number of hydrogen-bond donors (Lipinski definition) is 0. The molecule has 2 heteroatoms. The van der Waals surface area contributed by atoms with E-state index in [0.29, 0.717) is 0 Å². The molecule has 1 aliphatic rings. The second kappa shape index (κ2) is 10.9. The van der Waals surface area contributed by atoms with E-state index in [1.54, 1.807) is 0 Å². The molecule has 0 heterocycles. The summed E-state index contributed by atoms with van der Waals surface area (Å²) in [6.07, 6.45) is 11.4. The minimum absolute atomic E-state index is 1.12. The summed E-state index contributed by atoms with van der Waals surface area (Å²) in [5, 5.41) is 0. The minimum atomic E-state index is 1.12. The van der Waals surface area contributed by atoms with Crippen molar-refractivity contribution in [1.82, 2.24) is 9.80 Å². The second-order valence-electron chi connectivity index (χ2n) is 9.39. The first-order valence-electron chi connectivity index (χ1n) is 11.6. The van der Waals surface area contributed by atoms with Crippen LogP contribution in [-0.2, 0) is 19.3 Å². The highest BCUT2D eigenvalue weighted by Gasteiger charge is 2.18. The Kier molecular flexibility index (Phi) is 8.32. The summed E-state index contributed by atoms with van der Waals surface area (Å²) in [5.74, 6) is 0. The molecule has 0 spiro atoms. The van der Waals surface area contributed by atoms with Gasteiger partial charge >= 0.3 is 0 Å². The third-order valence-corrected chi connectivity index (χ3v) is 6.15. The van der Waals surface area contributed by atoms with Crippen molar-refractivity contribution in [3.8, 4) is 11.1 Å². The number of benzene rings is 2. The average Bonchev–Trinajstić information content (AvgIpc) is 3.03. The van der Waals surface area contributed by atoms with Crippen LogP contribution in [-0.4, -0.2) is 51.1 Å². The van der Waals surface area contributed by atoms with Crippen LogP contribution in [0.15, 0.2) is 36.4 Å². The van der Waals surface area contributed by atoms with Gasteiger partial charge in [0.1, 0.15) is 0 Å². The van der Waals surface area contributed by atoms with Gasteiger partial charge in [0.2, 0.25) is 0 Å². The molecule has 2 aromatic rings. The van der Waals surface area contributed by atoms with Crippen molar-refractivity contribution in [1.29, 1.82) is 0 Å². The molecule has 0 saturated carbocycles. The number of hydrogen-bond acceptors (Lipinski definition) is 2. The second-order valence-corrected chi connectivity index (χ2v) is 9.39. The fourth-order valence-corrected chi connectivity index (χ4v) is 4.50. The molecule has 0 radical (unpaired) electrons. The molecule has 0 aromatic heterocycles. The zero-order valence-corrected chi connectivity index (χ0v) is 19.1. The zero-order valence-electron chi connectivity index (χ0n) is 19.1. The highest BCUT2D eigenvalue weighted by Crippen LogP contribution is 2.37. The van der Waals surface area contributed by atoms with Crippen molar-refractivity contribution in [2.24, 2.45) is 0 Å². The molecule has 3 rings (SSSR count). The monoisotopic (exact) mass is 392 g/mol. The van der Waals surface area contributed by atoms with Crippen molar-refractivity contribution in [3.05, 3.63) is 58.7 Å². The Morgan fingerprint density at radius 3 is 1.45 bits per heavy atom. The molecule has 0 saturated heterocycles. The van der Waals surface area contributed by atoms with E-state index < -0.39 is 0 Å². The van der Waals surface area contributed by atoms with Crippen LogP contribution in [0.25, 0.3) is 11.1 Å². The van der Waals surface area contributed by atoms with E-state index in [1.165, 1.54) is 97.8 Å². The Morgan fingerprint density at radius 1 is 0.586 bits per heavy atom. The highest BCUT2D eigenvalue weighted by molar-refractivity contribution is 5.77. The first-order valence-corrected chi connectivity index (χ1v) is 11.6. The molecule has 1 aliphatic carbocycles. The predicted molar refractivity (Wildman–Crippen MR) is 127 cm³/mol. The van der Waals surface area contributed by atoms with Crippen molar-refractivity contribution in [3.63, 3.8) is 0 Å². The Hall–Kier alpha value is -1.64. The molecule has 0 unspecified atom stereocenters. The summed E-state index contributed by atoms with van der Waals surface area (Å²) in [6, 6.07) is 14.4. The van der Waals surface area contributed by atoms with Gasteiger partial charge in [-0.1, -0.05) is 49.2 Å². The number of nitrogens with zero attached hydrogens (tertiary/aromatic N) is 2. The molecular formula is C27H40N2. The van der Waals surface area contributed by atoms with Crippen LogP contribution in [0.3, 0.4) is 0 Å². The first-order chi connectivity index (χ1) is 14.0. The summed E-state index contributed by atoms with van der Waals surface area (Å²) in [5.41, 5.74) is 9.04. The topological polar surface area (TPSA) is 6.48 Å². The lowest BCUT2D eigenvalue weighted by Crippen LogP contribution is -2.12. The maximum absolute atomic E-state index is 2.47. The van der Waals surface area contributed by atoms with E-state index >= 15 is 0 Å². The fourth-order valence-electron chi connectivity index (χ4n) is 4.50. The summed E-state index contributed by atoms with van der Waals surface area (Å²) in [7, 11) is 8.65. The standard InChI is InChI=1S/C27H40N2/c1-28(2)17-9-5-7-11-22-13-15-26-24(19-22)21-25-20-23(14-16-27(25)26)12-8-6-10-18-29(3)4/h13-16,19-20H,5-12,17-18,21H2,1-4H3. The molecular weight excluding hydrogens is 352 g/mol. The molecule has 2 nitrogen and oxygen atoms in total. The predicted octanol–water partition coefficient (Wildman–Crippen LogP) is 5.81. The highest BCUT2D eigenvalue weighted by atomic mass is 15.0. The molecule has 158 valence electrons. The van der Waals surface area contributed by atoms with Gasteiger partial charge in [0, 0.05) is 0 Å². The fraction of sp³-hybridized carbons (Fsp3) is 0.556. The van der Waals surface area contributed by atoms with Crippen LogP contribution in [0.4, 0.5) is 0 Å². The number of rotatable bonds is 12. The van der Waals surface area contributed by atoms with Crippen LogP contribution in [0.5, 0.6) is 0 Å². The van der Waals surface area contributed by atoms with Crippen molar-refractivity contribution >= 4 is 0 Å². The number of unbranched alkanes of at least 4 members (excludes halogenated alkanes) is 4. The van der Waals surface area contributed by atoms with E-state index in [-0.39, 0.29) is 0 Å². The minimum Gasteiger partial charge on any atom is -0.309 e. The molecule has 2 aromatic carbocycles. The van der Waals surface area contributed by atoms with Gasteiger partial charge in [-0.2, -0.15) is 0 Å². The molecule has 0 atom stereocenters. The van der Waals surface area contributed by atoms with Gasteiger partial charge in [0.05, 0.1) is 0 Å².